The van der Waals surface area contributed by atoms with Crippen molar-refractivity contribution in [3.05, 3.63) is 50.3 Å². The maximum atomic E-state index is 12.5. The molecule has 0 aliphatic heterocycles. The molecule has 0 amide bonds. The fourth-order valence-electron chi connectivity index (χ4n) is 2.58. The summed E-state index contributed by atoms with van der Waals surface area (Å²) in [6.07, 6.45) is 2.81. The highest BCUT2D eigenvalue weighted by molar-refractivity contribution is 9.11. The van der Waals surface area contributed by atoms with E-state index in [-0.39, 0.29) is 10.3 Å². The summed E-state index contributed by atoms with van der Waals surface area (Å²) in [5, 5.41) is 0.421. The first-order chi connectivity index (χ1) is 9.97. The van der Waals surface area contributed by atoms with E-state index < -0.39 is 10.0 Å². The summed E-state index contributed by atoms with van der Waals surface area (Å²) in [5.74, 6) is 0. The molecule has 7 heteroatoms. The lowest BCUT2D eigenvalue weighted by atomic mass is 9.88. The van der Waals surface area contributed by atoms with E-state index in [1.165, 1.54) is 11.6 Å². The van der Waals surface area contributed by atoms with Crippen LogP contribution in [0.2, 0.25) is 5.02 Å². The molecule has 1 aliphatic rings. The van der Waals surface area contributed by atoms with Crippen molar-refractivity contribution < 1.29 is 8.42 Å². The number of nitrogens with one attached hydrogen (secondary N) is 1. The number of aryl methyl sites for hydroxylation is 1. The molecule has 1 aromatic heterocycles. The minimum Gasteiger partial charge on any atom is -0.206 e. The zero-order chi connectivity index (χ0) is 15.0. The Morgan fingerprint density at radius 1 is 1.33 bits per heavy atom. The Bertz CT molecular complexity index is 754. The molecule has 0 saturated heterocycles. The third-order valence-corrected chi connectivity index (χ3v) is 7.97. The standard InChI is InChI=1S/C14H13BrClNO2S2/c15-14-11(16)8-13(20-14)21(18,19)17-12-7-3-5-9-4-1-2-6-10(9)12/h1-2,4,6,8,12,17H,3,5,7H2. The van der Waals surface area contributed by atoms with E-state index >= 15 is 0 Å². The number of halogens is 2. The molecule has 1 heterocycles. The van der Waals surface area contributed by atoms with Crippen LogP contribution in [0.15, 0.2) is 38.3 Å². The van der Waals surface area contributed by atoms with E-state index in [2.05, 4.69) is 26.7 Å². The second kappa shape index (κ2) is 6.01. The van der Waals surface area contributed by atoms with Crippen molar-refractivity contribution in [1.82, 2.24) is 4.72 Å². The van der Waals surface area contributed by atoms with Crippen LogP contribution in [0.3, 0.4) is 0 Å². The van der Waals surface area contributed by atoms with Crippen molar-refractivity contribution in [2.45, 2.75) is 29.5 Å². The summed E-state index contributed by atoms with van der Waals surface area (Å²) in [6, 6.07) is 9.32. The molecule has 2 aromatic rings. The average molecular weight is 407 g/mol. The Morgan fingerprint density at radius 2 is 2.10 bits per heavy atom. The highest BCUT2D eigenvalue weighted by Crippen LogP contribution is 2.36. The number of rotatable bonds is 3. The van der Waals surface area contributed by atoms with E-state index in [0.29, 0.717) is 8.81 Å². The lowest BCUT2D eigenvalue weighted by Gasteiger charge is -2.25. The van der Waals surface area contributed by atoms with Gasteiger partial charge in [-0.2, -0.15) is 0 Å². The second-order valence-electron chi connectivity index (χ2n) is 4.95. The van der Waals surface area contributed by atoms with Gasteiger partial charge in [-0.3, -0.25) is 0 Å². The van der Waals surface area contributed by atoms with Gasteiger partial charge < -0.3 is 0 Å². The van der Waals surface area contributed by atoms with Crippen molar-refractivity contribution in [2.75, 3.05) is 0 Å². The van der Waals surface area contributed by atoms with Crippen molar-refractivity contribution in [1.29, 1.82) is 0 Å². The summed E-state index contributed by atoms with van der Waals surface area (Å²) < 4.78 is 28.7. The summed E-state index contributed by atoms with van der Waals surface area (Å²) in [4.78, 5) is 0. The maximum absolute atomic E-state index is 12.5. The molecule has 1 unspecified atom stereocenters. The highest BCUT2D eigenvalue weighted by Gasteiger charge is 2.27. The van der Waals surface area contributed by atoms with Gasteiger partial charge in [-0.15, -0.1) is 11.3 Å². The van der Waals surface area contributed by atoms with E-state index in [9.17, 15) is 8.42 Å². The molecular formula is C14H13BrClNO2S2. The SMILES string of the molecule is O=S(=O)(NC1CCCc2ccccc21)c1cc(Cl)c(Br)s1. The molecule has 1 atom stereocenters. The third-order valence-electron chi connectivity index (χ3n) is 3.55. The Morgan fingerprint density at radius 3 is 2.81 bits per heavy atom. The monoisotopic (exact) mass is 405 g/mol. The molecule has 0 spiro atoms. The van der Waals surface area contributed by atoms with E-state index in [0.717, 1.165) is 36.2 Å². The Balaban J connectivity index is 1.90. The topological polar surface area (TPSA) is 46.2 Å². The minimum absolute atomic E-state index is 0.167. The molecule has 112 valence electrons. The van der Waals surface area contributed by atoms with E-state index in [1.807, 2.05) is 18.2 Å². The number of hydrogen-bond donors (Lipinski definition) is 1. The van der Waals surface area contributed by atoms with Crippen LogP contribution < -0.4 is 4.72 Å². The molecule has 1 aromatic carbocycles. The first-order valence-corrected chi connectivity index (χ1v) is 9.99. The van der Waals surface area contributed by atoms with Gasteiger partial charge in [0.25, 0.3) is 10.0 Å². The van der Waals surface area contributed by atoms with Crippen molar-refractivity contribution >= 4 is 48.9 Å². The summed E-state index contributed by atoms with van der Waals surface area (Å²) in [5.41, 5.74) is 2.30. The second-order valence-corrected chi connectivity index (χ2v) is 9.67. The van der Waals surface area contributed by atoms with Gasteiger partial charge in [0.2, 0.25) is 0 Å². The molecule has 1 aliphatic carbocycles. The normalized spacial score (nSPS) is 18.5. The van der Waals surface area contributed by atoms with Crippen LogP contribution in [0.4, 0.5) is 0 Å². The van der Waals surface area contributed by atoms with Gasteiger partial charge in [0.15, 0.2) is 0 Å². The molecule has 0 radical (unpaired) electrons. The maximum Gasteiger partial charge on any atom is 0.250 e. The number of fused-ring (bicyclic) bond motifs is 1. The van der Waals surface area contributed by atoms with Crippen LogP contribution in [0.5, 0.6) is 0 Å². The van der Waals surface area contributed by atoms with E-state index in [1.54, 1.807) is 0 Å². The molecule has 3 rings (SSSR count). The Kier molecular flexibility index (Phi) is 4.43. The predicted octanol–water partition coefficient (Wildman–Crippen LogP) is 4.52. The Hall–Kier alpha value is -0.400. The Labute approximate surface area is 141 Å². The van der Waals surface area contributed by atoms with Crippen LogP contribution >= 0.6 is 38.9 Å². The van der Waals surface area contributed by atoms with Crippen molar-refractivity contribution in [3.63, 3.8) is 0 Å². The van der Waals surface area contributed by atoms with Crippen LogP contribution in [-0.4, -0.2) is 8.42 Å². The van der Waals surface area contributed by atoms with E-state index in [4.69, 9.17) is 11.6 Å². The number of thiophene rings is 1. The van der Waals surface area contributed by atoms with Crippen LogP contribution in [0.1, 0.15) is 30.0 Å². The summed E-state index contributed by atoms with van der Waals surface area (Å²) in [6.45, 7) is 0. The minimum atomic E-state index is -3.55. The third kappa shape index (κ3) is 3.19. The van der Waals surface area contributed by atoms with Gasteiger partial charge in [-0.1, -0.05) is 35.9 Å². The van der Waals surface area contributed by atoms with Gasteiger partial charge >= 0.3 is 0 Å². The summed E-state index contributed by atoms with van der Waals surface area (Å²) >= 11 is 10.3. The molecule has 3 nitrogen and oxygen atoms in total. The van der Waals surface area contributed by atoms with Gasteiger partial charge in [-0.25, -0.2) is 13.1 Å². The number of hydrogen-bond acceptors (Lipinski definition) is 3. The fraction of sp³-hybridized carbons (Fsp3) is 0.286. The fourth-order valence-corrected chi connectivity index (χ4v) is 6.25. The van der Waals surface area contributed by atoms with Crippen molar-refractivity contribution in [2.24, 2.45) is 0 Å². The molecular weight excluding hydrogens is 394 g/mol. The van der Waals surface area contributed by atoms with Crippen LogP contribution in [0.25, 0.3) is 0 Å². The van der Waals surface area contributed by atoms with Gasteiger partial charge in [0.05, 0.1) is 8.81 Å². The lowest BCUT2D eigenvalue weighted by Crippen LogP contribution is -2.30. The first-order valence-electron chi connectivity index (χ1n) is 6.52. The smallest absolute Gasteiger partial charge is 0.206 e. The molecule has 0 fully saturated rings. The largest absolute Gasteiger partial charge is 0.250 e. The molecule has 21 heavy (non-hydrogen) atoms. The quantitative estimate of drug-likeness (QED) is 0.814. The van der Waals surface area contributed by atoms with Gasteiger partial charge in [0, 0.05) is 6.04 Å². The molecule has 0 bridgehead atoms. The van der Waals surface area contributed by atoms with Crippen LogP contribution in [0, 0.1) is 0 Å². The highest BCUT2D eigenvalue weighted by atomic mass is 79.9. The zero-order valence-corrected chi connectivity index (χ0v) is 14.9. The predicted molar refractivity (Wildman–Crippen MR) is 89.5 cm³/mol. The van der Waals surface area contributed by atoms with Crippen molar-refractivity contribution in [3.8, 4) is 0 Å². The average Bonchev–Trinajstić information content (AvgIpc) is 2.80. The number of sulfonamides is 1. The van der Waals surface area contributed by atoms with Crippen LogP contribution in [-0.2, 0) is 16.4 Å². The lowest BCUT2D eigenvalue weighted by molar-refractivity contribution is 0.508. The number of benzene rings is 1. The zero-order valence-electron chi connectivity index (χ0n) is 11.0. The molecule has 0 saturated carbocycles. The first kappa shape index (κ1) is 15.5. The van der Waals surface area contributed by atoms with Gasteiger partial charge in [0.1, 0.15) is 4.21 Å². The molecule has 1 N–H and O–H groups in total. The summed E-state index contributed by atoms with van der Waals surface area (Å²) in [7, 11) is -3.55. The van der Waals surface area contributed by atoms with Gasteiger partial charge in [-0.05, 0) is 52.4 Å².